The Hall–Kier alpha value is -0.423. The van der Waals surface area contributed by atoms with Gasteiger partial charge in [0.15, 0.2) is 6.29 Å². The fourth-order valence-electron chi connectivity index (χ4n) is 3.42. The molecule has 0 spiro atoms. The van der Waals surface area contributed by atoms with E-state index in [1.807, 2.05) is 31.2 Å². The first-order valence-electron chi connectivity index (χ1n) is 8.54. The average Bonchev–Trinajstić information content (AvgIpc) is 2.97. The Balaban J connectivity index is 0.00000140. The topological polar surface area (TPSA) is 73.7 Å². The maximum Gasteiger partial charge on any atom is 0.184 e. The monoisotopic (exact) mass is 578 g/mol. The molecule has 1 aromatic carbocycles. The van der Waals surface area contributed by atoms with Crippen molar-refractivity contribution in [2.24, 2.45) is 5.92 Å². The van der Waals surface area contributed by atoms with Crippen LogP contribution in [0.5, 0.6) is 5.75 Å². The van der Waals surface area contributed by atoms with Gasteiger partial charge in [-0.1, -0.05) is 12.1 Å². The molecule has 1 aromatic heterocycles. The second kappa shape index (κ2) is 10.6. The molecular formula is C19H20N2O4Rh2S-2. The van der Waals surface area contributed by atoms with Crippen LogP contribution in [0.25, 0.3) is 0 Å². The van der Waals surface area contributed by atoms with E-state index in [0.29, 0.717) is 11.6 Å². The van der Waals surface area contributed by atoms with E-state index in [9.17, 15) is 5.11 Å². The molecule has 6 nitrogen and oxygen atoms in total. The number of benzene rings is 1. The number of nitrogens with zero attached hydrogens (tertiary/aromatic N) is 2. The fourth-order valence-corrected chi connectivity index (χ4v) is 4.64. The Bertz CT molecular complexity index is 768. The van der Waals surface area contributed by atoms with Crippen molar-refractivity contribution in [2.75, 3.05) is 13.7 Å². The summed E-state index contributed by atoms with van der Waals surface area (Å²) in [6.07, 6.45) is 2.12. The predicted octanol–water partition coefficient (Wildman–Crippen LogP) is 2.34. The number of aliphatic hydroxyl groups excluding tert-OH is 1. The van der Waals surface area contributed by atoms with Crippen molar-refractivity contribution >= 4 is 11.8 Å². The van der Waals surface area contributed by atoms with Crippen molar-refractivity contribution in [3.63, 3.8) is 0 Å². The first-order chi connectivity index (χ1) is 12.6. The Morgan fingerprint density at radius 3 is 2.64 bits per heavy atom. The van der Waals surface area contributed by atoms with Crippen molar-refractivity contribution in [3.8, 4) is 5.75 Å². The van der Waals surface area contributed by atoms with Crippen LogP contribution in [0.3, 0.4) is 0 Å². The van der Waals surface area contributed by atoms with Crippen LogP contribution in [0.2, 0.25) is 0 Å². The van der Waals surface area contributed by atoms with E-state index < -0.39 is 12.4 Å². The number of ether oxygens (including phenoxy) is 3. The van der Waals surface area contributed by atoms with Crippen LogP contribution in [-0.4, -0.2) is 46.2 Å². The summed E-state index contributed by atoms with van der Waals surface area (Å²) in [6.45, 7) is 2.41. The number of aromatic nitrogens is 2. The van der Waals surface area contributed by atoms with Gasteiger partial charge in [0.1, 0.15) is 5.75 Å². The molecule has 4 rings (SSSR count). The van der Waals surface area contributed by atoms with Crippen molar-refractivity contribution in [1.82, 2.24) is 9.97 Å². The quantitative estimate of drug-likeness (QED) is 0.340. The summed E-state index contributed by atoms with van der Waals surface area (Å²) in [4.78, 5) is 8.05. The molecule has 1 aliphatic carbocycles. The van der Waals surface area contributed by atoms with Crippen LogP contribution >= 0.6 is 11.8 Å². The Morgan fingerprint density at radius 1 is 1.21 bits per heavy atom. The van der Waals surface area contributed by atoms with E-state index in [4.69, 9.17) is 14.2 Å². The summed E-state index contributed by atoms with van der Waals surface area (Å²) in [5.74, 6) is 0.955. The van der Waals surface area contributed by atoms with E-state index in [-0.39, 0.29) is 56.2 Å². The molecule has 2 aromatic rings. The minimum Gasteiger partial charge on any atom is -0.560 e. The van der Waals surface area contributed by atoms with Crippen LogP contribution in [0.1, 0.15) is 24.0 Å². The summed E-state index contributed by atoms with van der Waals surface area (Å²) in [5, 5.41) is 11.5. The molecule has 156 valence electrons. The third-order valence-electron chi connectivity index (χ3n) is 4.77. The Labute approximate surface area is 194 Å². The van der Waals surface area contributed by atoms with Gasteiger partial charge in [0.05, 0.1) is 25.9 Å². The number of hydrogen-bond acceptors (Lipinski definition) is 7. The summed E-state index contributed by atoms with van der Waals surface area (Å²) in [6, 6.07) is 10.7. The van der Waals surface area contributed by atoms with Gasteiger partial charge < -0.3 is 35.4 Å². The SMILES string of the molecule is COc1ccc(C2OC[C@@H]3C[C@@H](Sc4[c-]c(C)n[c-]n4)[C@H](O)[C@@H]3O2)cc1.[Rh].[Rh]. The molecule has 5 atom stereocenters. The standard InChI is InChI=1S/C19H20N2O4S.2Rh/c1-11-7-16(21-10-20-11)26-15-8-13-9-24-19(25-18(13)17(15)22)12-3-5-14(23-2)6-4-12;;/h3-6,13,15,17-19,22H,8-9H2,1-2H3;;/q-2;;/t13-,15+,17-,18+,19?;;/m0../s1. The van der Waals surface area contributed by atoms with Gasteiger partial charge in [-0.25, -0.2) is 11.8 Å². The van der Waals surface area contributed by atoms with E-state index in [1.165, 1.54) is 11.8 Å². The third kappa shape index (κ3) is 5.19. The molecule has 2 aliphatic rings. The number of aliphatic hydroxyl groups is 1. The Morgan fingerprint density at radius 2 is 1.96 bits per heavy atom. The molecule has 9 heteroatoms. The van der Waals surface area contributed by atoms with Crippen molar-refractivity contribution in [2.45, 2.75) is 42.1 Å². The van der Waals surface area contributed by atoms with Gasteiger partial charge >= 0.3 is 0 Å². The number of aryl methyl sites for hydroxylation is 1. The third-order valence-corrected chi connectivity index (χ3v) is 5.96. The minimum absolute atomic E-state index is 0. The molecule has 0 amide bonds. The van der Waals surface area contributed by atoms with E-state index in [0.717, 1.165) is 23.4 Å². The van der Waals surface area contributed by atoms with Gasteiger partial charge in [0.25, 0.3) is 0 Å². The van der Waals surface area contributed by atoms with Crippen LogP contribution in [0.4, 0.5) is 0 Å². The molecule has 2 heterocycles. The molecule has 1 unspecified atom stereocenters. The molecule has 2 fully saturated rings. The summed E-state index contributed by atoms with van der Waals surface area (Å²) in [7, 11) is 1.63. The molecule has 1 N–H and O–H groups in total. The molecule has 0 bridgehead atoms. The van der Waals surface area contributed by atoms with Crippen molar-refractivity contribution in [1.29, 1.82) is 0 Å². The average molecular weight is 578 g/mol. The van der Waals surface area contributed by atoms with Crippen molar-refractivity contribution < 1.29 is 58.3 Å². The van der Waals surface area contributed by atoms with Gasteiger partial charge in [-0.3, -0.25) is 5.69 Å². The smallest absolute Gasteiger partial charge is 0.184 e. The van der Waals surface area contributed by atoms with Crippen LogP contribution in [0, 0.1) is 25.2 Å². The molecule has 28 heavy (non-hydrogen) atoms. The van der Waals surface area contributed by atoms with E-state index in [2.05, 4.69) is 22.4 Å². The van der Waals surface area contributed by atoms with Crippen LogP contribution in [-0.2, 0) is 48.4 Å². The fraction of sp³-hybridized carbons (Fsp3) is 0.474. The predicted molar refractivity (Wildman–Crippen MR) is 94.8 cm³/mol. The van der Waals surface area contributed by atoms with E-state index in [1.54, 1.807) is 7.11 Å². The largest absolute Gasteiger partial charge is 0.560 e. The van der Waals surface area contributed by atoms with Gasteiger partial charge in [-0.2, -0.15) is 5.03 Å². The maximum absolute atomic E-state index is 10.8. The molecule has 2 radical (unpaired) electrons. The first kappa shape index (κ1) is 23.9. The molecule has 1 saturated carbocycles. The number of methoxy groups -OCH3 is 1. The second-order valence-corrected chi connectivity index (χ2v) is 7.75. The number of thioether (sulfide) groups is 1. The molecule has 1 aliphatic heterocycles. The summed E-state index contributed by atoms with van der Waals surface area (Å²) in [5.41, 5.74) is 1.66. The zero-order valence-corrected chi connectivity index (χ0v) is 19.3. The van der Waals surface area contributed by atoms with Gasteiger partial charge in [0, 0.05) is 62.0 Å². The van der Waals surface area contributed by atoms with Crippen LogP contribution in [0.15, 0.2) is 29.3 Å². The van der Waals surface area contributed by atoms with Gasteiger partial charge in [-0.15, -0.1) is 6.92 Å². The second-order valence-electron chi connectivity index (χ2n) is 6.52. The molecule has 1 saturated heterocycles. The normalized spacial score (nSPS) is 28.6. The molecular weight excluding hydrogens is 558 g/mol. The first-order valence-corrected chi connectivity index (χ1v) is 9.42. The zero-order chi connectivity index (χ0) is 18.1. The van der Waals surface area contributed by atoms with Gasteiger partial charge in [0.2, 0.25) is 0 Å². The summed E-state index contributed by atoms with van der Waals surface area (Å²) < 4.78 is 17.2. The van der Waals surface area contributed by atoms with Crippen LogP contribution < -0.4 is 4.74 Å². The number of fused-ring (bicyclic) bond motifs is 1. The van der Waals surface area contributed by atoms with Crippen molar-refractivity contribution in [3.05, 3.63) is 47.9 Å². The van der Waals surface area contributed by atoms with Gasteiger partial charge in [-0.05, 0) is 18.6 Å². The zero-order valence-electron chi connectivity index (χ0n) is 15.3. The van der Waals surface area contributed by atoms with E-state index >= 15 is 0 Å². The Kier molecular flexibility index (Phi) is 9.00. The number of hydrogen-bond donors (Lipinski definition) is 1. The minimum atomic E-state index is -0.585. The number of rotatable bonds is 4. The maximum atomic E-state index is 10.8. The summed E-state index contributed by atoms with van der Waals surface area (Å²) >= 11 is 1.50.